The molecule has 0 unspecified atom stereocenters. The van der Waals surface area contributed by atoms with Crippen molar-refractivity contribution in [3.63, 3.8) is 0 Å². The molecule has 3 heteroatoms. The standard InChI is InChI=1S/C9H18N2O/c1-4-5-6-8(9(10)12)7-11(2)3/h7H,4-6H2,1-3H3,(H2,10,12). The molecule has 2 N–H and O–H groups in total. The maximum Gasteiger partial charge on any atom is 0.246 e. The molecule has 0 rings (SSSR count). The Balaban J connectivity index is 4.13. The molecule has 70 valence electrons. The second-order valence-electron chi connectivity index (χ2n) is 3.09. The van der Waals surface area contributed by atoms with Crippen LogP contribution in [0, 0.1) is 0 Å². The second kappa shape index (κ2) is 5.63. The molecule has 3 nitrogen and oxygen atoms in total. The van der Waals surface area contributed by atoms with Crippen molar-refractivity contribution in [2.75, 3.05) is 14.1 Å². The largest absolute Gasteiger partial charge is 0.383 e. The van der Waals surface area contributed by atoms with E-state index >= 15 is 0 Å². The van der Waals surface area contributed by atoms with Gasteiger partial charge in [-0.05, 0) is 12.8 Å². The fourth-order valence-corrected chi connectivity index (χ4v) is 0.930. The van der Waals surface area contributed by atoms with Crippen LogP contribution in [0.15, 0.2) is 11.8 Å². The maximum absolute atomic E-state index is 10.9. The van der Waals surface area contributed by atoms with Gasteiger partial charge in [-0.3, -0.25) is 4.79 Å². The van der Waals surface area contributed by atoms with Crippen LogP contribution in [-0.2, 0) is 4.79 Å². The van der Waals surface area contributed by atoms with E-state index in [9.17, 15) is 4.79 Å². The molecule has 12 heavy (non-hydrogen) atoms. The van der Waals surface area contributed by atoms with E-state index in [4.69, 9.17) is 5.73 Å². The Hall–Kier alpha value is -0.990. The van der Waals surface area contributed by atoms with Gasteiger partial charge in [0.15, 0.2) is 0 Å². The molecule has 0 aliphatic carbocycles. The van der Waals surface area contributed by atoms with E-state index in [1.807, 2.05) is 19.0 Å². The van der Waals surface area contributed by atoms with Crippen LogP contribution in [0.2, 0.25) is 0 Å². The van der Waals surface area contributed by atoms with Gasteiger partial charge in [0, 0.05) is 25.9 Å². The molecule has 0 saturated carbocycles. The zero-order valence-corrected chi connectivity index (χ0v) is 8.13. The molecule has 0 aromatic heterocycles. The van der Waals surface area contributed by atoms with E-state index in [1.165, 1.54) is 0 Å². The minimum Gasteiger partial charge on any atom is -0.383 e. The smallest absolute Gasteiger partial charge is 0.246 e. The van der Waals surface area contributed by atoms with Gasteiger partial charge < -0.3 is 10.6 Å². The van der Waals surface area contributed by atoms with Crippen molar-refractivity contribution < 1.29 is 4.79 Å². The minimum atomic E-state index is -0.308. The monoisotopic (exact) mass is 170 g/mol. The number of carbonyl (C=O) groups excluding carboxylic acids is 1. The summed E-state index contributed by atoms with van der Waals surface area (Å²) in [6.07, 6.45) is 4.67. The van der Waals surface area contributed by atoms with Crippen molar-refractivity contribution in [1.29, 1.82) is 0 Å². The first kappa shape index (κ1) is 11.0. The number of rotatable bonds is 5. The van der Waals surface area contributed by atoms with Crippen molar-refractivity contribution in [2.24, 2.45) is 5.73 Å². The molecule has 0 aromatic carbocycles. The minimum absolute atomic E-state index is 0.308. The van der Waals surface area contributed by atoms with Gasteiger partial charge in [0.05, 0.1) is 0 Å². The summed E-state index contributed by atoms with van der Waals surface area (Å²) in [5.41, 5.74) is 5.90. The van der Waals surface area contributed by atoms with Gasteiger partial charge in [-0.1, -0.05) is 13.3 Å². The van der Waals surface area contributed by atoms with Gasteiger partial charge >= 0.3 is 0 Å². The average Bonchev–Trinajstić information content (AvgIpc) is 1.96. The van der Waals surface area contributed by atoms with E-state index in [0.717, 1.165) is 19.3 Å². The SMILES string of the molecule is CCCCC(=CN(C)C)C(N)=O. The Bertz CT molecular complexity index is 173. The Kier molecular flexibility index (Phi) is 5.17. The highest BCUT2D eigenvalue weighted by molar-refractivity contribution is 5.91. The molecule has 0 radical (unpaired) electrons. The van der Waals surface area contributed by atoms with Gasteiger partial charge in [0.25, 0.3) is 0 Å². The predicted molar refractivity (Wildman–Crippen MR) is 50.5 cm³/mol. The lowest BCUT2D eigenvalue weighted by molar-refractivity contribution is -0.114. The molecule has 0 aromatic rings. The van der Waals surface area contributed by atoms with Crippen LogP contribution in [0.5, 0.6) is 0 Å². The van der Waals surface area contributed by atoms with Crippen molar-refractivity contribution in [2.45, 2.75) is 26.2 Å². The summed E-state index contributed by atoms with van der Waals surface area (Å²) < 4.78 is 0. The quantitative estimate of drug-likeness (QED) is 0.628. The number of primary amides is 1. The Morgan fingerprint density at radius 2 is 2.08 bits per heavy atom. The van der Waals surface area contributed by atoms with E-state index in [0.29, 0.717) is 5.57 Å². The van der Waals surface area contributed by atoms with Crippen molar-refractivity contribution in [3.05, 3.63) is 11.8 Å². The Morgan fingerprint density at radius 1 is 1.50 bits per heavy atom. The van der Waals surface area contributed by atoms with Crippen LogP contribution in [-0.4, -0.2) is 24.9 Å². The summed E-state index contributed by atoms with van der Waals surface area (Å²) in [5.74, 6) is -0.308. The summed E-state index contributed by atoms with van der Waals surface area (Å²) in [6, 6.07) is 0. The highest BCUT2D eigenvalue weighted by Crippen LogP contribution is 2.06. The number of nitrogens with two attached hydrogens (primary N) is 1. The van der Waals surface area contributed by atoms with Gasteiger partial charge in [0.1, 0.15) is 0 Å². The van der Waals surface area contributed by atoms with Crippen molar-refractivity contribution in [1.82, 2.24) is 4.90 Å². The maximum atomic E-state index is 10.9. The number of hydrogen-bond donors (Lipinski definition) is 1. The zero-order chi connectivity index (χ0) is 9.56. The predicted octanol–water partition coefficient (Wildman–Crippen LogP) is 1.11. The topological polar surface area (TPSA) is 46.3 Å². The molecular formula is C9H18N2O. The summed E-state index contributed by atoms with van der Waals surface area (Å²) >= 11 is 0. The number of carbonyl (C=O) groups is 1. The molecule has 0 aliphatic heterocycles. The fraction of sp³-hybridized carbons (Fsp3) is 0.667. The average molecular weight is 170 g/mol. The zero-order valence-electron chi connectivity index (χ0n) is 8.13. The number of hydrogen-bond acceptors (Lipinski definition) is 2. The first-order valence-electron chi connectivity index (χ1n) is 4.24. The number of amides is 1. The molecule has 0 saturated heterocycles. The van der Waals surface area contributed by atoms with Crippen LogP contribution in [0.3, 0.4) is 0 Å². The molecule has 0 bridgehead atoms. The fourth-order valence-electron chi connectivity index (χ4n) is 0.930. The number of unbranched alkanes of at least 4 members (excludes halogenated alkanes) is 1. The Morgan fingerprint density at radius 3 is 2.42 bits per heavy atom. The van der Waals surface area contributed by atoms with Crippen LogP contribution in [0.25, 0.3) is 0 Å². The third kappa shape index (κ3) is 4.77. The van der Waals surface area contributed by atoms with E-state index < -0.39 is 0 Å². The molecule has 0 fully saturated rings. The summed E-state index contributed by atoms with van der Waals surface area (Å²) in [5, 5.41) is 0. The van der Waals surface area contributed by atoms with Gasteiger partial charge in [0.2, 0.25) is 5.91 Å². The second-order valence-corrected chi connectivity index (χ2v) is 3.09. The van der Waals surface area contributed by atoms with Crippen LogP contribution in [0.1, 0.15) is 26.2 Å². The summed E-state index contributed by atoms with van der Waals surface area (Å²) in [4.78, 5) is 12.7. The highest BCUT2D eigenvalue weighted by Gasteiger charge is 2.03. The molecule has 0 spiro atoms. The van der Waals surface area contributed by atoms with Gasteiger partial charge in [-0.2, -0.15) is 0 Å². The highest BCUT2D eigenvalue weighted by atomic mass is 16.1. The first-order valence-corrected chi connectivity index (χ1v) is 4.24. The van der Waals surface area contributed by atoms with E-state index in [2.05, 4.69) is 6.92 Å². The van der Waals surface area contributed by atoms with Crippen LogP contribution >= 0.6 is 0 Å². The Labute approximate surface area is 74.2 Å². The van der Waals surface area contributed by atoms with Gasteiger partial charge in [-0.15, -0.1) is 0 Å². The van der Waals surface area contributed by atoms with Crippen LogP contribution in [0.4, 0.5) is 0 Å². The summed E-state index contributed by atoms with van der Waals surface area (Å²) in [7, 11) is 3.77. The third-order valence-electron chi connectivity index (χ3n) is 1.53. The van der Waals surface area contributed by atoms with Gasteiger partial charge in [-0.25, -0.2) is 0 Å². The lowest BCUT2D eigenvalue weighted by Crippen LogP contribution is -2.17. The lowest BCUT2D eigenvalue weighted by atomic mass is 10.1. The van der Waals surface area contributed by atoms with E-state index in [1.54, 1.807) is 6.20 Å². The van der Waals surface area contributed by atoms with Crippen molar-refractivity contribution in [3.8, 4) is 0 Å². The molecule has 0 heterocycles. The lowest BCUT2D eigenvalue weighted by Gasteiger charge is -2.08. The summed E-state index contributed by atoms with van der Waals surface area (Å²) in [6.45, 7) is 2.09. The molecule has 1 amide bonds. The van der Waals surface area contributed by atoms with Crippen LogP contribution < -0.4 is 5.73 Å². The third-order valence-corrected chi connectivity index (χ3v) is 1.53. The number of nitrogens with zero attached hydrogens (tertiary/aromatic N) is 1. The molecule has 0 atom stereocenters. The van der Waals surface area contributed by atoms with Crippen molar-refractivity contribution >= 4 is 5.91 Å². The van der Waals surface area contributed by atoms with E-state index in [-0.39, 0.29) is 5.91 Å². The molecule has 0 aliphatic rings. The first-order chi connectivity index (χ1) is 5.57. The molecular weight excluding hydrogens is 152 g/mol. The normalized spacial score (nSPS) is 11.4.